The van der Waals surface area contributed by atoms with Gasteiger partial charge in [0.2, 0.25) is 0 Å². The zero-order valence-electron chi connectivity index (χ0n) is 12.7. The van der Waals surface area contributed by atoms with E-state index in [2.05, 4.69) is 28.8 Å². The summed E-state index contributed by atoms with van der Waals surface area (Å²) < 4.78 is 0. The maximum atomic E-state index is 12.0. The number of carbonyl (C=O) groups excluding carboxylic acids is 1. The number of hydrogen-bond donors (Lipinski definition) is 2. The lowest BCUT2D eigenvalue weighted by Gasteiger charge is -2.08. The molecule has 0 spiro atoms. The quantitative estimate of drug-likeness (QED) is 0.641. The molecule has 1 amide bonds. The Balaban J connectivity index is 2.38. The van der Waals surface area contributed by atoms with Gasteiger partial charge in [0.25, 0.3) is 5.91 Å². The fraction of sp³-hybridized carbons (Fsp3) is 0.600. The van der Waals surface area contributed by atoms with Crippen LogP contribution in [-0.2, 0) is 0 Å². The lowest BCUT2D eigenvalue weighted by Crippen LogP contribution is -2.24. The van der Waals surface area contributed by atoms with E-state index in [0.717, 1.165) is 25.8 Å². The summed E-state index contributed by atoms with van der Waals surface area (Å²) in [6.07, 6.45) is 8.01. The topological polar surface area (TPSA) is 54.0 Å². The van der Waals surface area contributed by atoms with Crippen LogP contribution in [0.2, 0.25) is 5.02 Å². The van der Waals surface area contributed by atoms with Gasteiger partial charge in [-0.25, -0.2) is 4.98 Å². The van der Waals surface area contributed by atoms with Crippen LogP contribution in [0.15, 0.2) is 12.3 Å². The van der Waals surface area contributed by atoms with Gasteiger partial charge < -0.3 is 10.6 Å². The number of amides is 1. The highest BCUT2D eigenvalue weighted by molar-refractivity contribution is 7.98. The van der Waals surface area contributed by atoms with E-state index >= 15 is 0 Å². The van der Waals surface area contributed by atoms with Crippen molar-refractivity contribution in [2.75, 3.05) is 30.4 Å². The summed E-state index contributed by atoms with van der Waals surface area (Å²) in [7, 11) is 0. The van der Waals surface area contributed by atoms with Crippen LogP contribution in [-0.4, -0.2) is 36.0 Å². The first-order valence-electron chi connectivity index (χ1n) is 7.35. The predicted molar refractivity (Wildman–Crippen MR) is 92.6 cm³/mol. The fourth-order valence-electron chi connectivity index (χ4n) is 1.79. The molecule has 1 aromatic heterocycles. The Labute approximate surface area is 136 Å². The first-order valence-corrected chi connectivity index (χ1v) is 9.12. The van der Waals surface area contributed by atoms with Crippen molar-refractivity contribution in [2.45, 2.75) is 32.6 Å². The van der Waals surface area contributed by atoms with Gasteiger partial charge in [0.05, 0.1) is 10.6 Å². The number of carbonyl (C=O) groups is 1. The SMILES string of the molecule is CCCNc1ncc(C(=O)NCCCCCSC)cc1Cl. The lowest BCUT2D eigenvalue weighted by atomic mass is 10.2. The molecule has 0 fully saturated rings. The average molecular weight is 330 g/mol. The second-order valence-electron chi connectivity index (χ2n) is 4.79. The summed E-state index contributed by atoms with van der Waals surface area (Å²) in [5.41, 5.74) is 0.506. The van der Waals surface area contributed by atoms with Crippen molar-refractivity contribution in [3.63, 3.8) is 0 Å². The summed E-state index contributed by atoms with van der Waals surface area (Å²) >= 11 is 7.98. The highest BCUT2D eigenvalue weighted by Crippen LogP contribution is 2.20. The van der Waals surface area contributed by atoms with E-state index in [1.165, 1.54) is 12.2 Å². The van der Waals surface area contributed by atoms with Crippen molar-refractivity contribution in [2.24, 2.45) is 0 Å². The highest BCUT2D eigenvalue weighted by Gasteiger charge is 2.09. The second-order valence-corrected chi connectivity index (χ2v) is 6.18. The number of halogens is 1. The molecule has 4 nitrogen and oxygen atoms in total. The van der Waals surface area contributed by atoms with E-state index in [0.29, 0.717) is 22.9 Å². The summed E-state index contributed by atoms with van der Waals surface area (Å²) in [6, 6.07) is 1.66. The molecule has 118 valence electrons. The third-order valence-electron chi connectivity index (χ3n) is 2.96. The Bertz CT molecular complexity index is 443. The van der Waals surface area contributed by atoms with Gasteiger partial charge in [0, 0.05) is 19.3 Å². The smallest absolute Gasteiger partial charge is 0.252 e. The Morgan fingerprint density at radius 3 is 2.81 bits per heavy atom. The van der Waals surface area contributed by atoms with Crippen molar-refractivity contribution in [1.29, 1.82) is 0 Å². The zero-order valence-corrected chi connectivity index (χ0v) is 14.3. The van der Waals surface area contributed by atoms with E-state index in [1.54, 1.807) is 12.3 Å². The average Bonchev–Trinajstić information content (AvgIpc) is 2.49. The normalized spacial score (nSPS) is 10.4. The zero-order chi connectivity index (χ0) is 15.5. The fourth-order valence-corrected chi connectivity index (χ4v) is 2.51. The minimum absolute atomic E-state index is 0.115. The number of unbranched alkanes of at least 4 members (excludes halogenated alkanes) is 2. The number of rotatable bonds is 10. The number of thioether (sulfide) groups is 1. The van der Waals surface area contributed by atoms with Gasteiger partial charge in [-0.15, -0.1) is 0 Å². The molecule has 0 radical (unpaired) electrons. The third kappa shape index (κ3) is 7.05. The van der Waals surface area contributed by atoms with E-state index < -0.39 is 0 Å². The summed E-state index contributed by atoms with van der Waals surface area (Å²) in [6.45, 7) is 3.58. The van der Waals surface area contributed by atoms with Crippen LogP contribution in [0.25, 0.3) is 0 Å². The number of pyridine rings is 1. The molecule has 2 N–H and O–H groups in total. The monoisotopic (exact) mass is 329 g/mol. The predicted octanol–water partition coefficient (Wildman–Crippen LogP) is 3.82. The van der Waals surface area contributed by atoms with E-state index in [9.17, 15) is 4.79 Å². The van der Waals surface area contributed by atoms with Gasteiger partial charge in [0.15, 0.2) is 0 Å². The minimum atomic E-state index is -0.115. The van der Waals surface area contributed by atoms with E-state index in [-0.39, 0.29) is 5.91 Å². The molecule has 0 unspecified atom stereocenters. The summed E-state index contributed by atoms with van der Waals surface area (Å²) in [5, 5.41) is 6.51. The minimum Gasteiger partial charge on any atom is -0.369 e. The molecule has 0 aliphatic rings. The molecule has 21 heavy (non-hydrogen) atoms. The van der Waals surface area contributed by atoms with Crippen LogP contribution in [0.1, 0.15) is 43.0 Å². The Morgan fingerprint density at radius 1 is 1.33 bits per heavy atom. The van der Waals surface area contributed by atoms with Crippen molar-refractivity contribution in [3.05, 3.63) is 22.8 Å². The maximum absolute atomic E-state index is 12.0. The van der Waals surface area contributed by atoms with Crippen molar-refractivity contribution < 1.29 is 4.79 Å². The number of nitrogens with one attached hydrogen (secondary N) is 2. The third-order valence-corrected chi connectivity index (χ3v) is 3.94. The molecule has 0 atom stereocenters. The van der Waals surface area contributed by atoms with E-state index in [1.807, 2.05) is 11.8 Å². The molecule has 0 aromatic carbocycles. The molecular formula is C15H24ClN3OS. The van der Waals surface area contributed by atoms with Crippen LogP contribution >= 0.6 is 23.4 Å². The lowest BCUT2D eigenvalue weighted by molar-refractivity contribution is 0.0952. The number of nitrogens with zero attached hydrogens (tertiary/aromatic N) is 1. The first kappa shape index (κ1) is 18.1. The molecule has 0 bridgehead atoms. The Morgan fingerprint density at radius 2 is 2.14 bits per heavy atom. The van der Waals surface area contributed by atoms with Gasteiger partial charge in [0.1, 0.15) is 5.82 Å². The first-order chi connectivity index (χ1) is 10.2. The largest absolute Gasteiger partial charge is 0.369 e. The second kappa shape index (κ2) is 10.7. The van der Waals surface area contributed by atoms with Crippen molar-refractivity contribution in [3.8, 4) is 0 Å². The molecule has 1 aromatic rings. The van der Waals surface area contributed by atoms with Crippen LogP contribution in [0.5, 0.6) is 0 Å². The van der Waals surface area contributed by atoms with E-state index in [4.69, 9.17) is 11.6 Å². The van der Waals surface area contributed by atoms with Crippen LogP contribution in [0.3, 0.4) is 0 Å². The molecule has 6 heteroatoms. The molecule has 1 heterocycles. The van der Waals surface area contributed by atoms with Gasteiger partial charge in [-0.2, -0.15) is 11.8 Å². The van der Waals surface area contributed by atoms with Crippen molar-refractivity contribution in [1.82, 2.24) is 10.3 Å². The van der Waals surface area contributed by atoms with Gasteiger partial charge in [-0.05, 0) is 37.3 Å². The standard InChI is InChI=1S/C15H24ClN3OS/c1-3-7-17-14-13(16)10-12(11-19-14)15(20)18-8-5-4-6-9-21-2/h10-11H,3-9H2,1-2H3,(H,17,19)(H,18,20). The number of anilines is 1. The highest BCUT2D eigenvalue weighted by atomic mass is 35.5. The molecule has 1 rings (SSSR count). The van der Waals surface area contributed by atoms with Gasteiger partial charge in [-0.3, -0.25) is 4.79 Å². The van der Waals surface area contributed by atoms with Crippen molar-refractivity contribution >= 4 is 35.1 Å². The van der Waals surface area contributed by atoms with Crippen LogP contribution in [0.4, 0.5) is 5.82 Å². The molecule has 0 aliphatic heterocycles. The Kier molecular flexibility index (Phi) is 9.26. The van der Waals surface area contributed by atoms with Gasteiger partial charge >= 0.3 is 0 Å². The van der Waals surface area contributed by atoms with Crippen LogP contribution in [0, 0.1) is 0 Å². The molecule has 0 saturated heterocycles. The maximum Gasteiger partial charge on any atom is 0.252 e. The van der Waals surface area contributed by atoms with Gasteiger partial charge in [-0.1, -0.05) is 24.9 Å². The Hall–Kier alpha value is -0.940. The number of aromatic nitrogens is 1. The molecule has 0 aliphatic carbocycles. The van der Waals surface area contributed by atoms with Crippen LogP contribution < -0.4 is 10.6 Å². The summed E-state index contributed by atoms with van der Waals surface area (Å²) in [4.78, 5) is 16.2. The molecular weight excluding hydrogens is 306 g/mol. The summed E-state index contributed by atoms with van der Waals surface area (Å²) in [5.74, 6) is 1.70. The molecule has 0 saturated carbocycles. The number of hydrogen-bond acceptors (Lipinski definition) is 4.